The molecule has 0 radical (unpaired) electrons. The zero-order valence-corrected chi connectivity index (χ0v) is 10.6. The third-order valence-electron chi connectivity index (χ3n) is 2.98. The van der Waals surface area contributed by atoms with E-state index in [1.54, 1.807) is 0 Å². The molecule has 0 bridgehead atoms. The van der Waals surface area contributed by atoms with Gasteiger partial charge in [-0.25, -0.2) is 5.48 Å². The smallest absolute Gasteiger partial charge is 0.381 e. The average molecular weight is 289 g/mol. The molecule has 4 nitrogen and oxygen atoms in total. The van der Waals surface area contributed by atoms with Crippen LogP contribution in [0.3, 0.4) is 0 Å². The molecular weight excluding hydrogens is 275 g/mol. The predicted molar refractivity (Wildman–Crippen MR) is 63.8 cm³/mol. The Balaban J connectivity index is 1.95. The van der Waals surface area contributed by atoms with E-state index in [2.05, 4.69) is 0 Å². The van der Waals surface area contributed by atoms with Gasteiger partial charge in [0.2, 0.25) is 0 Å². The molecule has 0 saturated carbocycles. The lowest BCUT2D eigenvalue weighted by Crippen LogP contribution is -2.28. The van der Waals surface area contributed by atoms with Crippen LogP contribution in [-0.2, 0) is 15.8 Å². The quantitative estimate of drug-likeness (QED) is 0.866. The summed E-state index contributed by atoms with van der Waals surface area (Å²) in [6, 6.07) is 4.57. The number of hydrogen-bond acceptors (Lipinski definition) is 3. The topological polar surface area (TPSA) is 47.6 Å². The minimum absolute atomic E-state index is 0.160. The Kier molecular flexibility index (Phi) is 4.61. The van der Waals surface area contributed by atoms with Crippen molar-refractivity contribution in [3.05, 3.63) is 35.4 Å². The van der Waals surface area contributed by atoms with Gasteiger partial charge in [-0.15, -0.1) is 0 Å². The molecule has 0 aliphatic carbocycles. The van der Waals surface area contributed by atoms with Gasteiger partial charge in [0, 0.05) is 12.5 Å². The average Bonchev–Trinajstić information content (AvgIpc) is 2.91. The maximum Gasteiger partial charge on any atom is 0.417 e. The molecule has 0 spiro atoms. The fraction of sp³-hybridized carbons (Fsp3) is 0.462. The third kappa shape index (κ3) is 3.71. The lowest BCUT2D eigenvalue weighted by Gasteiger charge is -2.13. The Bertz CT molecular complexity index is 470. The molecule has 110 valence electrons. The van der Waals surface area contributed by atoms with E-state index in [0.29, 0.717) is 13.2 Å². The van der Waals surface area contributed by atoms with Crippen molar-refractivity contribution in [1.29, 1.82) is 0 Å². The van der Waals surface area contributed by atoms with Gasteiger partial charge in [0.05, 0.1) is 24.3 Å². The van der Waals surface area contributed by atoms with Crippen molar-refractivity contribution in [2.24, 2.45) is 5.92 Å². The molecule has 0 unspecified atom stereocenters. The summed E-state index contributed by atoms with van der Waals surface area (Å²) in [5.74, 6) is -0.745. The van der Waals surface area contributed by atoms with Crippen molar-refractivity contribution in [1.82, 2.24) is 5.48 Å². The van der Waals surface area contributed by atoms with E-state index in [4.69, 9.17) is 9.57 Å². The Morgan fingerprint density at radius 1 is 1.40 bits per heavy atom. The number of hydrogen-bond donors (Lipinski definition) is 1. The SMILES string of the molecule is O=C(NOC[C@@H]1CCOC1)c1ccccc1C(F)(F)F. The largest absolute Gasteiger partial charge is 0.417 e. The van der Waals surface area contributed by atoms with Crippen LogP contribution in [0.5, 0.6) is 0 Å². The van der Waals surface area contributed by atoms with Gasteiger partial charge in [-0.3, -0.25) is 9.63 Å². The zero-order valence-electron chi connectivity index (χ0n) is 10.6. The summed E-state index contributed by atoms with van der Waals surface area (Å²) in [7, 11) is 0. The molecule has 1 aliphatic heterocycles. The number of carbonyl (C=O) groups excluding carboxylic acids is 1. The number of halogens is 3. The maximum atomic E-state index is 12.7. The van der Waals surface area contributed by atoms with E-state index in [0.717, 1.165) is 18.6 Å². The summed E-state index contributed by atoms with van der Waals surface area (Å²) in [5.41, 5.74) is 0.607. The van der Waals surface area contributed by atoms with Gasteiger partial charge in [0.1, 0.15) is 0 Å². The molecule has 1 fully saturated rings. The van der Waals surface area contributed by atoms with Gasteiger partial charge < -0.3 is 4.74 Å². The van der Waals surface area contributed by atoms with Crippen molar-refractivity contribution in [2.75, 3.05) is 19.8 Å². The lowest BCUT2D eigenvalue weighted by atomic mass is 10.1. The summed E-state index contributed by atoms with van der Waals surface area (Å²) < 4.78 is 43.3. The fourth-order valence-corrected chi connectivity index (χ4v) is 1.92. The number of amides is 1. The van der Waals surface area contributed by atoms with Gasteiger partial charge in [-0.2, -0.15) is 13.2 Å². The number of alkyl halides is 3. The van der Waals surface area contributed by atoms with Crippen LogP contribution in [0.2, 0.25) is 0 Å². The van der Waals surface area contributed by atoms with E-state index in [1.165, 1.54) is 12.1 Å². The van der Waals surface area contributed by atoms with Crippen LogP contribution in [0.15, 0.2) is 24.3 Å². The summed E-state index contributed by atoms with van der Waals surface area (Å²) in [4.78, 5) is 16.7. The standard InChI is InChI=1S/C13H14F3NO3/c14-13(15,16)11-4-2-1-3-10(11)12(18)17-20-8-9-5-6-19-7-9/h1-4,9H,5-8H2,(H,17,18)/t9-/m1/s1. The number of rotatable bonds is 4. The molecule has 1 amide bonds. The van der Waals surface area contributed by atoms with E-state index in [-0.39, 0.29) is 12.5 Å². The van der Waals surface area contributed by atoms with Crippen LogP contribution >= 0.6 is 0 Å². The molecular formula is C13H14F3NO3. The lowest BCUT2D eigenvalue weighted by molar-refractivity contribution is -0.138. The van der Waals surface area contributed by atoms with Gasteiger partial charge in [0.25, 0.3) is 5.91 Å². The first-order chi connectivity index (χ1) is 9.48. The first kappa shape index (κ1) is 14.8. The molecule has 2 rings (SSSR count). The molecule has 1 aromatic carbocycles. The normalized spacial score (nSPS) is 19.1. The molecule has 1 saturated heterocycles. The van der Waals surface area contributed by atoms with Crippen molar-refractivity contribution < 1.29 is 27.5 Å². The number of ether oxygens (including phenoxy) is 1. The van der Waals surface area contributed by atoms with E-state index >= 15 is 0 Å². The molecule has 1 heterocycles. The van der Waals surface area contributed by atoms with Crippen molar-refractivity contribution in [3.63, 3.8) is 0 Å². The number of hydroxylamine groups is 1. The maximum absolute atomic E-state index is 12.7. The summed E-state index contributed by atoms with van der Waals surface area (Å²) >= 11 is 0. The number of nitrogens with one attached hydrogen (secondary N) is 1. The van der Waals surface area contributed by atoms with Crippen molar-refractivity contribution in [2.45, 2.75) is 12.6 Å². The Morgan fingerprint density at radius 3 is 2.80 bits per heavy atom. The molecule has 1 aliphatic rings. The Labute approximate surface area is 113 Å². The summed E-state index contributed by atoms with van der Waals surface area (Å²) in [6.07, 6.45) is -3.76. The fourth-order valence-electron chi connectivity index (χ4n) is 1.92. The molecule has 1 aromatic rings. The summed E-state index contributed by atoms with van der Waals surface area (Å²) in [6.45, 7) is 1.40. The monoisotopic (exact) mass is 289 g/mol. The second kappa shape index (κ2) is 6.23. The second-order valence-electron chi connectivity index (χ2n) is 4.52. The molecule has 20 heavy (non-hydrogen) atoms. The summed E-state index contributed by atoms with van der Waals surface area (Å²) in [5, 5.41) is 0. The van der Waals surface area contributed by atoms with Crippen LogP contribution in [0.4, 0.5) is 13.2 Å². The Morgan fingerprint density at radius 2 is 2.15 bits per heavy atom. The van der Waals surface area contributed by atoms with Gasteiger partial charge in [-0.1, -0.05) is 12.1 Å². The van der Waals surface area contributed by atoms with Crippen LogP contribution < -0.4 is 5.48 Å². The number of benzene rings is 1. The van der Waals surface area contributed by atoms with Crippen LogP contribution in [0, 0.1) is 5.92 Å². The van der Waals surface area contributed by atoms with Crippen LogP contribution in [0.25, 0.3) is 0 Å². The van der Waals surface area contributed by atoms with Gasteiger partial charge in [-0.05, 0) is 18.6 Å². The van der Waals surface area contributed by atoms with Gasteiger partial charge in [0.15, 0.2) is 0 Å². The molecule has 7 heteroatoms. The molecule has 1 atom stereocenters. The first-order valence-electron chi connectivity index (χ1n) is 6.14. The number of carbonyl (C=O) groups is 1. The van der Waals surface area contributed by atoms with Crippen molar-refractivity contribution >= 4 is 5.91 Å². The first-order valence-corrected chi connectivity index (χ1v) is 6.14. The molecule has 0 aromatic heterocycles. The highest BCUT2D eigenvalue weighted by atomic mass is 19.4. The van der Waals surface area contributed by atoms with Crippen molar-refractivity contribution in [3.8, 4) is 0 Å². The minimum atomic E-state index is -4.58. The van der Waals surface area contributed by atoms with Crippen LogP contribution in [0.1, 0.15) is 22.3 Å². The second-order valence-corrected chi connectivity index (χ2v) is 4.52. The third-order valence-corrected chi connectivity index (χ3v) is 2.98. The minimum Gasteiger partial charge on any atom is -0.381 e. The highest BCUT2D eigenvalue weighted by Crippen LogP contribution is 2.31. The van der Waals surface area contributed by atoms with E-state index in [9.17, 15) is 18.0 Å². The predicted octanol–water partition coefficient (Wildman–Crippen LogP) is 2.40. The van der Waals surface area contributed by atoms with Crippen LogP contribution in [-0.4, -0.2) is 25.7 Å². The highest BCUT2D eigenvalue weighted by Gasteiger charge is 2.34. The zero-order chi connectivity index (χ0) is 14.6. The van der Waals surface area contributed by atoms with E-state index < -0.39 is 23.2 Å². The molecule has 1 N–H and O–H groups in total. The van der Waals surface area contributed by atoms with Gasteiger partial charge >= 0.3 is 6.18 Å². The Hall–Kier alpha value is -1.60. The highest BCUT2D eigenvalue weighted by molar-refractivity contribution is 5.95. The van der Waals surface area contributed by atoms with E-state index in [1.807, 2.05) is 5.48 Å².